The molecule has 2 aromatic rings. The largest absolute Gasteiger partial charge is 0.355 e. The Bertz CT molecular complexity index is 925. The molecule has 1 fully saturated rings. The Morgan fingerprint density at radius 3 is 2.82 bits per heavy atom. The molecule has 1 aromatic carbocycles. The Labute approximate surface area is 170 Å². The van der Waals surface area contributed by atoms with Gasteiger partial charge in [-0.2, -0.15) is 4.31 Å². The summed E-state index contributed by atoms with van der Waals surface area (Å²) in [7, 11) is -3.49. The van der Waals surface area contributed by atoms with E-state index in [4.69, 9.17) is 0 Å². The van der Waals surface area contributed by atoms with Crippen LogP contribution in [0.2, 0.25) is 0 Å². The van der Waals surface area contributed by atoms with Crippen molar-refractivity contribution in [2.45, 2.75) is 42.2 Å². The molecule has 150 valence electrons. The van der Waals surface area contributed by atoms with E-state index in [2.05, 4.69) is 29.6 Å². The first-order valence-electron chi connectivity index (χ1n) is 9.95. The van der Waals surface area contributed by atoms with E-state index in [0.717, 1.165) is 32.1 Å². The van der Waals surface area contributed by atoms with Crippen LogP contribution in [0.4, 0.5) is 0 Å². The maximum absolute atomic E-state index is 12.8. The van der Waals surface area contributed by atoms with Gasteiger partial charge in [-0.25, -0.2) is 8.42 Å². The number of hydrogen-bond acceptors (Lipinski definition) is 4. The molecule has 1 saturated heterocycles. The molecule has 5 nitrogen and oxygen atoms in total. The Morgan fingerprint density at radius 1 is 1.14 bits per heavy atom. The number of carbonyl (C=O) groups is 1. The normalized spacial score (nSPS) is 23.1. The summed E-state index contributed by atoms with van der Waals surface area (Å²) in [5, 5.41) is 4.88. The minimum absolute atomic E-state index is 0.0193. The fourth-order valence-corrected chi connectivity index (χ4v) is 7.02. The number of aryl methyl sites for hydroxylation is 1. The molecule has 7 heteroatoms. The van der Waals surface area contributed by atoms with Gasteiger partial charge < -0.3 is 5.32 Å². The second-order valence-electron chi connectivity index (χ2n) is 7.67. The van der Waals surface area contributed by atoms with Gasteiger partial charge in [-0.1, -0.05) is 30.3 Å². The number of piperidine rings is 1. The summed E-state index contributed by atoms with van der Waals surface area (Å²) in [6.45, 7) is 1.39. The predicted molar refractivity (Wildman–Crippen MR) is 111 cm³/mol. The van der Waals surface area contributed by atoms with Crippen molar-refractivity contribution in [2.24, 2.45) is 5.92 Å². The fourth-order valence-electron chi connectivity index (χ4n) is 4.35. The number of thiophene rings is 1. The number of benzene rings is 1. The number of amides is 1. The lowest BCUT2D eigenvalue weighted by Crippen LogP contribution is -2.45. The molecular weight excluding hydrogens is 392 g/mol. The van der Waals surface area contributed by atoms with Crippen molar-refractivity contribution in [1.29, 1.82) is 0 Å². The first kappa shape index (κ1) is 19.6. The van der Waals surface area contributed by atoms with Crippen LogP contribution in [-0.2, 0) is 21.2 Å². The third-order valence-electron chi connectivity index (χ3n) is 5.86. The van der Waals surface area contributed by atoms with Crippen LogP contribution in [0.3, 0.4) is 0 Å². The highest BCUT2D eigenvalue weighted by molar-refractivity contribution is 7.91. The molecule has 4 rings (SSSR count). The van der Waals surface area contributed by atoms with E-state index in [0.29, 0.717) is 23.2 Å². The van der Waals surface area contributed by atoms with E-state index in [1.165, 1.54) is 26.8 Å². The van der Waals surface area contributed by atoms with Gasteiger partial charge in [0.05, 0.1) is 5.92 Å². The van der Waals surface area contributed by atoms with E-state index in [-0.39, 0.29) is 18.4 Å². The highest BCUT2D eigenvalue weighted by Gasteiger charge is 2.34. The fraction of sp³-hybridized carbons (Fsp3) is 0.476. The molecular formula is C21H26N2O3S2. The van der Waals surface area contributed by atoms with Crippen molar-refractivity contribution in [1.82, 2.24) is 9.62 Å². The zero-order valence-electron chi connectivity index (χ0n) is 15.8. The highest BCUT2D eigenvalue weighted by atomic mass is 32.2. The van der Waals surface area contributed by atoms with Crippen molar-refractivity contribution in [3.8, 4) is 0 Å². The van der Waals surface area contributed by atoms with Crippen LogP contribution >= 0.6 is 11.3 Å². The summed E-state index contributed by atoms with van der Waals surface area (Å²) < 4.78 is 27.4. The number of fused-ring (bicyclic) bond motifs is 1. The van der Waals surface area contributed by atoms with Gasteiger partial charge in [-0.15, -0.1) is 11.3 Å². The van der Waals surface area contributed by atoms with Gasteiger partial charge in [-0.3, -0.25) is 4.79 Å². The standard InChI is InChI=1S/C21H26N2O3S2/c24-21(22-14-17-8-3-7-16-6-1-2-10-19(16)17)18-9-4-12-23(15-18)28(25,26)20-11-5-13-27-20/h1-2,5-6,10-11,13,17-18H,3-4,7-9,12,14-15H2,(H,22,24). The molecule has 2 heterocycles. The first-order chi connectivity index (χ1) is 13.6. The summed E-state index contributed by atoms with van der Waals surface area (Å²) in [6, 6.07) is 11.9. The number of sulfonamides is 1. The molecule has 1 aromatic heterocycles. The molecule has 2 aliphatic rings. The topological polar surface area (TPSA) is 66.5 Å². The van der Waals surface area contributed by atoms with E-state index >= 15 is 0 Å². The number of nitrogens with one attached hydrogen (secondary N) is 1. The number of hydrogen-bond donors (Lipinski definition) is 1. The lowest BCUT2D eigenvalue weighted by Gasteiger charge is -2.31. The van der Waals surface area contributed by atoms with Gasteiger partial charge in [0.1, 0.15) is 4.21 Å². The molecule has 1 aliphatic carbocycles. The summed E-state index contributed by atoms with van der Waals surface area (Å²) >= 11 is 1.23. The van der Waals surface area contributed by atoms with Crippen molar-refractivity contribution < 1.29 is 13.2 Å². The second-order valence-corrected chi connectivity index (χ2v) is 10.8. The van der Waals surface area contributed by atoms with E-state index in [9.17, 15) is 13.2 Å². The van der Waals surface area contributed by atoms with Crippen LogP contribution in [0.1, 0.15) is 42.7 Å². The van der Waals surface area contributed by atoms with Gasteiger partial charge in [0.2, 0.25) is 5.91 Å². The van der Waals surface area contributed by atoms with Gasteiger partial charge in [0.25, 0.3) is 10.0 Å². The molecule has 0 saturated carbocycles. The summed E-state index contributed by atoms with van der Waals surface area (Å²) in [4.78, 5) is 12.8. The second kappa shape index (κ2) is 8.35. The van der Waals surface area contributed by atoms with Crippen LogP contribution in [0, 0.1) is 5.92 Å². The third kappa shape index (κ3) is 4.02. The van der Waals surface area contributed by atoms with E-state index in [1.54, 1.807) is 17.5 Å². The van der Waals surface area contributed by atoms with Gasteiger partial charge >= 0.3 is 0 Å². The van der Waals surface area contributed by atoms with Crippen LogP contribution in [0.5, 0.6) is 0 Å². The molecule has 2 atom stereocenters. The maximum Gasteiger partial charge on any atom is 0.252 e. The number of rotatable bonds is 5. The van der Waals surface area contributed by atoms with Crippen LogP contribution in [-0.4, -0.2) is 38.3 Å². The van der Waals surface area contributed by atoms with Crippen molar-refractivity contribution >= 4 is 27.3 Å². The van der Waals surface area contributed by atoms with Crippen LogP contribution in [0.15, 0.2) is 46.0 Å². The van der Waals surface area contributed by atoms with Crippen molar-refractivity contribution in [3.63, 3.8) is 0 Å². The minimum atomic E-state index is -3.49. The quantitative estimate of drug-likeness (QED) is 0.809. The van der Waals surface area contributed by atoms with Crippen molar-refractivity contribution in [3.05, 3.63) is 52.9 Å². The summed E-state index contributed by atoms with van der Waals surface area (Å²) in [6.07, 6.45) is 4.80. The maximum atomic E-state index is 12.8. The molecule has 1 aliphatic heterocycles. The van der Waals surface area contributed by atoms with Gasteiger partial charge in [-0.05, 0) is 54.7 Å². The number of nitrogens with zero attached hydrogens (tertiary/aromatic N) is 1. The number of carbonyl (C=O) groups excluding carboxylic acids is 1. The summed E-state index contributed by atoms with van der Waals surface area (Å²) in [5.74, 6) is 0.0555. The zero-order valence-corrected chi connectivity index (χ0v) is 17.5. The van der Waals surface area contributed by atoms with Crippen molar-refractivity contribution in [2.75, 3.05) is 19.6 Å². The predicted octanol–water partition coefficient (Wildman–Crippen LogP) is 3.39. The molecule has 0 bridgehead atoms. The Hall–Kier alpha value is -1.70. The monoisotopic (exact) mass is 418 g/mol. The SMILES string of the molecule is O=C(NCC1CCCc2ccccc21)C1CCCN(S(=O)(=O)c2cccs2)C1. The molecule has 2 unspecified atom stereocenters. The minimum Gasteiger partial charge on any atom is -0.355 e. The third-order valence-corrected chi connectivity index (χ3v) is 9.10. The molecule has 1 N–H and O–H groups in total. The Kier molecular flexibility index (Phi) is 5.85. The summed E-state index contributed by atoms with van der Waals surface area (Å²) in [5.41, 5.74) is 2.73. The lowest BCUT2D eigenvalue weighted by atomic mass is 9.83. The molecule has 0 spiro atoms. The Balaban J connectivity index is 1.38. The van der Waals surface area contributed by atoms with Gasteiger partial charge in [0.15, 0.2) is 0 Å². The molecule has 28 heavy (non-hydrogen) atoms. The van der Waals surface area contributed by atoms with Crippen LogP contribution < -0.4 is 5.32 Å². The lowest BCUT2D eigenvalue weighted by molar-refractivity contribution is -0.126. The van der Waals surface area contributed by atoms with Crippen LogP contribution in [0.25, 0.3) is 0 Å². The van der Waals surface area contributed by atoms with Gasteiger partial charge in [0, 0.05) is 25.6 Å². The van der Waals surface area contributed by atoms with E-state index in [1.807, 2.05) is 0 Å². The first-order valence-corrected chi connectivity index (χ1v) is 12.3. The average molecular weight is 419 g/mol. The average Bonchev–Trinajstić information content (AvgIpc) is 3.28. The Morgan fingerprint density at radius 2 is 2.00 bits per heavy atom. The van der Waals surface area contributed by atoms with E-state index < -0.39 is 10.0 Å². The molecule has 0 radical (unpaired) electrons. The highest BCUT2D eigenvalue weighted by Crippen LogP contribution is 2.31. The smallest absolute Gasteiger partial charge is 0.252 e. The molecule has 1 amide bonds. The zero-order chi connectivity index (χ0) is 19.6.